The molecule has 1 aliphatic heterocycles. The Morgan fingerprint density at radius 1 is 1.18 bits per heavy atom. The molecule has 2 aromatic rings. The van der Waals surface area contributed by atoms with E-state index in [0.717, 1.165) is 12.2 Å². The van der Waals surface area contributed by atoms with E-state index in [9.17, 15) is 0 Å². The Morgan fingerprint density at radius 2 is 1.88 bits per heavy atom. The van der Waals surface area contributed by atoms with Crippen molar-refractivity contribution in [3.63, 3.8) is 0 Å². The van der Waals surface area contributed by atoms with Crippen LogP contribution in [0.3, 0.4) is 0 Å². The molecule has 0 N–H and O–H groups in total. The highest BCUT2D eigenvalue weighted by atomic mass is 79.9. The number of hydrogen-bond donors (Lipinski definition) is 0. The molecule has 2 aromatic carbocycles. The summed E-state index contributed by atoms with van der Waals surface area (Å²) in [7, 11) is 0. The van der Waals surface area contributed by atoms with Crippen LogP contribution in [0.15, 0.2) is 40.9 Å². The second-order valence-corrected chi connectivity index (χ2v) is 5.18. The SMILES string of the molecule is CCC1=C(Br)COc2cc3ccccc3cc21. The van der Waals surface area contributed by atoms with Crippen molar-refractivity contribution in [2.24, 2.45) is 0 Å². The van der Waals surface area contributed by atoms with Crippen molar-refractivity contribution in [1.29, 1.82) is 0 Å². The minimum absolute atomic E-state index is 0.647. The summed E-state index contributed by atoms with van der Waals surface area (Å²) in [6.45, 7) is 2.83. The highest BCUT2D eigenvalue weighted by Crippen LogP contribution is 2.39. The van der Waals surface area contributed by atoms with Gasteiger partial charge in [0, 0.05) is 10.0 Å². The molecule has 0 bridgehead atoms. The van der Waals surface area contributed by atoms with Crippen LogP contribution >= 0.6 is 15.9 Å². The molecule has 0 fully saturated rings. The molecule has 0 saturated carbocycles. The van der Waals surface area contributed by atoms with E-state index < -0.39 is 0 Å². The molecule has 1 nitrogen and oxygen atoms in total. The third-order valence-corrected chi connectivity index (χ3v) is 3.92. The molecule has 0 amide bonds. The van der Waals surface area contributed by atoms with Crippen LogP contribution in [0.1, 0.15) is 18.9 Å². The lowest BCUT2D eigenvalue weighted by atomic mass is 9.97. The van der Waals surface area contributed by atoms with E-state index in [1.54, 1.807) is 0 Å². The van der Waals surface area contributed by atoms with Crippen LogP contribution < -0.4 is 4.74 Å². The fourth-order valence-corrected chi connectivity index (χ4v) is 2.94. The van der Waals surface area contributed by atoms with Crippen LogP contribution in [0.2, 0.25) is 0 Å². The molecule has 0 aliphatic carbocycles. The molecule has 0 spiro atoms. The van der Waals surface area contributed by atoms with Crippen LogP contribution in [-0.2, 0) is 0 Å². The summed E-state index contributed by atoms with van der Waals surface area (Å²) in [5.74, 6) is 1.00. The number of halogens is 1. The van der Waals surface area contributed by atoms with E-state index in [-0.39, 0.29) is 0 Å². The van der Waals surface area contributed by atoms with E-state index in [1.165, 1.54) is 26.4 Å². The summed E-state index contributed by atoms with van der Waals surface area (Å²) >= 11 is 3.60. The monoisotopic (exact) mass is 288 g/mol. The fourth-order valence-electron chi connectivity index (χ4n) is 2.33. The predicted molar refractivity (Wildman–Crippen MR) is 75.6 cm³/mol. The summed E-state index contributed by atoms with van der Waals surface area (Å²) < 4.78 is 6.94. The predicted octanol–water partition coefficient (Wildman–Crippen LogP) is 4.75. The van der Waals surface area contributed by atoms with Crippen molar-refractivity contribution in [3.8, 4) is 5.75 Å². The minimum atomic E-state index is 0.647. The van der Waals surface area contributed by atoms with Gasteiger partial charge in [0.05, 0.1) is 0 Å². The van der Waals surface area contributed by atoms with Gasteiger partial charge >= 0.3 is 0 Å². The number of benzene rings is 2. The standard InChI is InChI=1S/C15H13BrO/c1-2-12-13-7-10-5-3-4-6-11(10)8-15(13)17-9-14(12)16/h3-8H,2,9H2,1H3. The van der Waals surface area contributed by atoms with Gasteiger partial charge in [0.25, 0.3) is 0 Å². The molecule has 2 heteroatoms. The summed E-state index contributed by atoms with van der Waals surface area (Å²) in [4.78, 5) is 0. The summed E-state index contributed by atoms with van der Waals surface area (Å²) in [6, 6.07) is 12.8. The number of allylic oxidation sites excluding steroid dienone is 1. The van der Waals surface area contributed by atoms with Gasteiger partial charge in [0.15, 0.2) is 0 Å². The van der Waals surface area contributed by atoms with Crippen molar-refractivity contribution < 1.29 is 4.74 Å². The quantitative estimate of drug-likeness (QED) is 0.736. The van der Waals surface area contributed by atoms with Crippen molar-refractivity contribution >= 4 is 32.3 Å². The van der Waals surface area contributed by atoms with Gasteiger partial charge in [0.1, 0.15) is 12.4 Å². The van der Waals surface area contributed by atoms with Gasteiger partial charge in [-0.3, -0.25) is 0 Å². The number of hydrogen-bond acceptors (Lipinski definition) is 1. The molecule has 0 aromatic heterocycles. The van der Waals surface area contributed by atoms with Crippen LogP contribution in [-0.4, -0.2) is 6.61 Å². The third-order valence-electron chi connectivity index (χ3n) is 3.21. The van der Waals surface area contributed by atoms with Gasteiger partial charge in [0.2, 0.25) is 0 Å². The van der Waals surface area contributed by atoms with Crippen molar-refractivity contribution in [2.75, 3.05) is 6.61 Å². The van der Waals surface area contributed by atoms with Crippen LogP contribution in [0.4, 0.5) is 0 Å². The third kappa shape index (κ3) is 1.77. The van der Waals surface area contributed by atoms with E-state index in [1.807, 2.05) is 0 Å². The lowest BCUT2D eigenvalue weighted by Crippen LogP contribution is -2.07. The molecule has 3 rings (SSSR count). The van der Waals surface area contributed by atoms with Gasteiger partial charge in [-0.2, -0.15) is 0 Å². The first-order valence-electron chi connectivity index (χ1n) is 5.83. The Kier molecular flexibility index (Phi) is 2.67. The number of ether oxygens (including phenoxy) is 1. The maximum absolute atomic E-state index is 5.77. The maximum atomic E-state index is 5.77. The van der Waals surface area contributed by atoms with Gasteiger partial charge in [-0.25, -0.2) is 0 Å². The molecule has 0 atom stereocenters. The number of rotatable bonds is 1. The Bertz CT molecular complexity index is 613. The second kappa shape index (κ2) is 4.19. The van der Waals surface area contributed by atoms with Gasteiger partial charge < -0.3 is 4.74 Å². The molecule has 86 valence electrons. The fraction of sp³-hybridized carbons (Fsp3) is 0.200. The zero-order chi connectivity index (χ0) is 11.8. The van der Waals surface area contributed by atoms with Crippen LogP contribution in [0, 0.1) is 0 Å². The zero-order valence-electron chi connectivity index (χ0n) is 9.66. The molecule has 1 heterocycles. The first kappa shape index (κ1) is 10.8. The van der Waals surface area contributed by atoms with Gasteiger partial charge in [-0.05, 0) is 34.9 Å². The zero-order valence-corrected chi connectivity index (χ0v) is 11.3. The summed E-state index contributed by atoms with van der Waals surface area (Å²) in [6.07, 6.45) is 1.02. The maximum Gasteiger partial charge on any atom is 0.128 e. The number of fused-ring (bicyclic) bond motifs is 2. The molecule has 17 heavy (non-hydrogen) atoms. The molecular formula is C15H13BrO. The van der Waals surface area contributed by atoms with E-state index >= 15 is 0 Å². The van der Waals surface area contributed by atoms with Crippen molar-refractivity contribution in [2.45, 2.75) is 13.3 Å². The second-order valence-electron chi connectivity index (χ2n) is 4.22. The van der Waals surface area contributed by atoms with E-state index in [4.69, 9.17) is 4.74 Å². The van der Waals surface area contributed by atoms with E-state index in [2.05, 4.69) is 59.3 Å². The summed E-state index contributed by atoms with van der Waals surface area (Å²) in [5, 5.41) is 2.50. The highest BCUT2D eigenvalue weighted by molar-refractivity contribution is 9.11. The first-order chi connectivity index (χ1) is 8.29. The molecular weight excluding hydrogens is 276 g/mol. The van der Waals surface area contributed by atoms with Crippen LogP contribution in [0.25, 0.3) is 16.3 Å². The average molecular weight is 289 g/mol. The highest BCUT2D eigenvalue weighted by Gasteiger charge is 2.17. The van der Waals surface area contributed by atoms with E-state index in [0.29, 0.717) is 6.61 Å². The normalized spacial score (nSPS) is 14.7. The Balaban J connectivity index is 2.29. The molecule has 1 aliphatic rings. The van der Waals surface area contributed by atoms with Crippen LogP contribution in [0.5, 0.6) is 5.75 Å². The molecule has 0 radical (unpaired) electrons. The lowest BCUT2D eigenvalue weighted by molar-refractivity contribution is 0.355. The Hall–Kier alpha value is -1.28. The smallest absolute Gasteiger partial charge is 0.128 e. The van der Waals surface area contributed by atoms with Crippen molar-refractivity contribution in [3.05, 3.63) is 46.4 Å². The topological polar surface area (TPSA) is 9.23 Å². The van der Waals surface area contributed by atoms with Gasteiger partial charge in [-0.15, -0.1) is 0 Å². The summed E-state index contributed by atoms with van der Waals surface area (Å²) in [5.41, 5.74) is 2.58. The first-order valence-corrected chi connectivity index (χ1v) is 6.62. The molecule has 0 saturated heterocycles. The molecule has 0 unspecified atom stereocenters. The Morgan fingerprint density at radius 3 is 2.59 bits per heavy atom. The van der Waals surface area contributed by atoms with Gasteiger partial charge in [-0.1, -0.05) is 47.1 Å². The van der Waals surface area contributed by atoms with Crippen molar-refractivity contribution in [1.82, 2.24) is 0 Å². The average Bonchev–Trinajstić information content (AvgIpc) is 2.36. The largest absolute Gasteiger partial charge is 0.488 e. The Labute approximate surface area is 109 Å². The minimum Gasteiger partial charge on any atom is -0.488 e. The lowest BCUT2D eigenvalue weighted by Gasteiger charge is -2.21.